The van der Waals surface area contributed by atoms with E-state index in [1.807, 2.05) is 37.3 Å². The maximum absolute atomic E-state index is 12.2. The Bertz CT molecular complexity index is 989. The number of amides is 1. The maximum Gasteiger partial charge on any atom is 0.273 e. The Morgan fingerprint density at radius 2 is 1.93 bits per heavy atom. The van der Waals surface area contributed by atoms with Crippen LogP contribution in [0.5, 0.6) is 0 Å². The third-order valence-electron chi connectivity index (χ3n) is 4.13. The number of rotatable bonds is 6. The minimum absolute atomic E-state index is 0.103. The Morgan fingerprint density at radius 3 is 2.63 bits per heavy atom. The molecule has 138 valence electrons. The molecule has 1 unspecified atom stereocenters. The van der Waals surface area contributed by atoms with Gasteiger partial charge in [0, 0.05) is 23.4 Å². The minimum Gasteiger partial charge on any atom is -0.350 e. The molecule has 3 rings (SSSR count). The molecule has 1 atom stereocenters. The lowest BCUT2D eigenvalue weighted by atomic mass is 10.1. The van der Waals surface area contributed by atoms with Crippen LogP contribution < -0.4 is 10.9 Å². The fraction of sp³-hybridized carbons (Fsp3) is 0.200. The SMILES string of the molecule is CC(NC(=O)CCc1nnc(-c2cccc(Cl)c2)[nH]c1=O)c1ccccc1. The van der Waals surface area contributed by atoms with E-state index in [0.29, 0.717) is 16.4 Å². The zero-order valence-electron chi connectivity index (χ0n) is 14.8. The van der Waals surface area contributed by atoms with Gasteiger partial charge in [-0.15, -0.1) is 10.2 Å². The summed E-state index contributed by atoms with van der Waals surface area (Å²) in [4.78, 5) is 27.1. The summed E-state index contributed by atoms with van der Waals surface area (Å²) in [6.45, 7) is 1.92. The van der Waals surface area contributed by atoms with Crippen LogP contribution in [0.15, 0.2) is 59.4 Å². The summed E-state index contributed by atoms with van der Waals surface area (Å²) in [7, 11) is 0. The molecule has 7 heteroatoms. The zero-order chi connectivity index (χ0) is 19.2. The summed E-state index contributed by atoms with van der Waals surface area (Å²) in [6.07, 6.45) is 0.372. The molecular weight excluding hydrogens is 364 g/mol. The van der Waals surface area contributed by atoms with Gasteiger partial charge < -0.3 is 10.3 Å². The normalized spacial score (nSPS) is 11.8. The summed E-state index contributed by atoms with van der Waals surface area (Å²) >= 11 is 5.95. The molecule has 0 aliphatic rings. The molecule has 6 nitrogen and oxygen atoms in total. The lowest BCUT2D eigenvalue weighted by Crippen LogP contribution is -2.28. The van der Waals surface area contributed by atoms with E-state index in [2.05, 4.69) is 20.5 Å². The van der Waals surface area contributed by atoms with E-state index in [1.54, 1.807) is 24.3 Å². The van der Waals surface area contributed by atoms with Gasteiger partial charge in [0.15, 0.2) is 5.82 Å². The number of benzene rings is 2. The van der Waals surface area contributed by atoms with E-state index in [1.165, 1.54) is 0 Å². The largest absolute Gasteiger partial charge is 0.350 e. The van der Waals surface area contributed by atoms with E-state index in [0.717, 1.165) is 5.56 Å². The van der Waals surface area contributed by atoms with Gasteiger partial charge in [-0.3, -0.25) is 9.59 Å². The van der Waals surface area contributed by atoms with Crippen LogP contribution >= 0.6 is 11.6 Å². The minimum atomic E-state index is -0.358. The van der Waals surface area contributed by atoms with Gasteiger partial charge in [-0.1, -0.05) is 54.1 Å². The van der Waals surface area contributed by atoms with Crippen molar-refractivity contribution in [2.45, 2.75) is 25.8 Å². The highest BCUT2D eigenvalue weighted by molar-refractivity contribution is 6.30. The van der Waals surface area contributed by atoms with Gasteiger partial charge in [-0.25, -0.2) is 0 Å². The molecule has 0 saturated carbocycles. The van der Waals surface area contributed by atoms with Gasteiger partial charge in [-0.05, 0) is 24.6 Å². The highest BCUT2D eigenvalue weighted by Gasteiger charge is 2.12. The Balaban J connectivity index is 1.61. The van der Waals surface area contributed by atoms with Gasteiger partial charge >= 0.3 is 0 Å². The smallest absolute Gasteiger partial charge is 0.273 e. The molecule has 0 aliphatic heterocycles. The Morgan fingerprint density at radius 1 is 1.15 bits per heavy atom. The molecule has 0 saturated heterocycles. The van der Waals surface area contributed by atoms with Gasteiger partial charge in [0.2, 0.25) is 5.91 Å². The molecule has 1 heterocycles. The molecule has 0 bridgehead atoms. The summed E-state index contributed by atoms with van der Waals surface area (Å²) < 4.78 is 0. The van der Waals surface area contributed by atoms with Crippen molar-refractivity contribution in [2.24, 2.45) is 0 Å². The van der Waals surface area contributed by atoms with Crippen LogP contribution in [0.1, 0.15) is 30.6 Å². The van der Waals surface area contributed by atoms with Crippen LogP contribution in [0.4, 0.5) is 0 Å². The second-order valence-electron chi connectivity index (χ2n) is 6.16. The highest BCUT2D eigenvalue weighted by Crippen LogP contribution is 2.18. The van der Waals surface area contributed by atoms with Crippen molar-refractivity contribution in [3.8, 4) is 11.4 Å². The molecule has 1 aromatic heterocycles. The molecular formula is C20H19ClN4O2. The van der Waals surface area contributed by atoms with E-state index in [4.69, 9.17) is 11.6 Å². The summed E-state index contributed by atoms with van der Waals surface area (Å²) in [5.41, 5.74) is 1.56. The monoisotopic (exact) mass is 382 g/mol. The van der Waals surface area contributed by atoms with Crippen molar-refractivity contribution < 1.29 is 4.79 Å². The Kier molecular flexibility index (Phi) is 5.98. The van der Waals surface area contributed by atoms with Crippen molar-refractivity contribution in [3.63, 3.8) is 0 Å². The molecule has 0 radical (unpaired) electrons. The van der Waals surface area contributed by atoms with Crippen molar-refractivity contribution in [3.05, 3.63) is 81.2 Å². The Labute approximate surface area is 161 Å². The summed E-state index contributed by atoms with van der Waals surface area (Å²) in [6, 6.07) is 16.6. The maximum atomic E-state index is 12.2. The first-order valence-electron chi connectivity index (χ1n) is 8.59. The van der Waals surface area contributed by atoms with Gasteiger partial charge in [0.25, 0.3) is 5.56 Å². The number of nitrogens with one attached hydrogen (secondary N) is 2. The number of aromatic nitrogens is 3. The summed E-state index contributed by atoms with van der Waals surface area (Å²) in [5.74, 6) is 0.194. The molecule has 27 heavy (non-hydrogen) atoms. The summed E-state index contributed by atoms with van der Waals surface area (Å²) in [5, 5.41) is 11.5. The second-order valence-corrected chi connectivity index (χ2v) is 6.60. The average molecular weight is 383 g/mol. The number of carbonyl (C=O) groups excluding carboxylic acids is 1. The first-order valence-corrected chi connectivity index (χ1v) is 8.97. The molecule has 0 fully saturated rings. The molecule has 0 aliphatic carbocycles. The lowest BCUT2D eigenvalue weighted by Gasteiger charge is -2.14. The molecule has 1 amide bonds. The number of nitrogens with zero attached hydrogens (tertiary/aromatic N) is 2. The third-order valence-corrected chi connectivity index (χ3v) is 4.36. The van der Waals surface area contributed by atoms with Crippen molar-refractivity contribution >= 4 is 17.5 Å². The highest BCUT2D eigenvalue weighted by atomic mass is 35.5. The molecule has 0 spiro atoms. The van der Waals surface area contributed by atoms with Crippen molar-refractivity contribution in [2.75, 3.05) is 0 Å². The first kappa shape index (κ1) is 18.8. The predicted molar refractivity (Wildman–Crippen MR) is 104 cm³/mol. The second kappa shape index (κ2) is 8.60. The fourth-order valence-electron chi connectivity index (χ4n) is 2.66. The van der Waals surface area contributed by atoms with Crippen LogP contribution in [0.3, 0.4) is 0 Å². The van der Waals surface area contributed by atoms with E-state index in [9.17, 15) is 9.59 Å². The standard InChI is InChI=1S/C20H19ClN4O2/c1-13(14-6-3-2-4-7-14)22-18(26)11-10-17-20(27)23-19(25-24-17)15-8-5-9-16(21)12-15/h2-9,12-13H,10-11H2,1H3,(H,22,26)(H,23,25,27). The molecule has 2 N–H and O–H groups in total. The number of aryl methyl sites for hydroxylation is 1. The predicted octanol–water partition coefficient (Wildman–Crippen LogP) is 3.30. The van der Waals surface area contributed by atoms with Crippen LogP contribution in [-0.4, -0.2) is 21.1 Å². The lowest BCUT2D eigenvalue weighted by molar-refractivity contribution is -0.121. The van der Waals surface area contributed by atoms with Crippen molar-refractivity contribution in [1.82, 2.24) is 20.5 Å². The quantitative estimate of drug-likeness (QED) is 0.684. The van der Waals surface area contributed by atoms with Crippen molar-refractivity contribution in [1.29, 1.82) is 0 Å². The van der Waals surface area contributed by atoms with Gasteiger partial charge in [-0.2, -0.15) is 0 Å². The number of carbonyl (C=O) groups is 1. The first-order chi connectivity index (χ1) is 13.0. The number of H-pyrrole nitrogens is 1. The van der Waals surface area contributed by atoms with Gasteiger partial charge in [0.05, 0.1) is 6.04 Å². The van der Waals surface area contributed by atoms with Crippen LogP contribution in [0, 0.1) is 0 Å². The van der Waals surface area contributed by atoms with E-state index < -0.39 is 0 Å². The fourth-order valence-corrected chi connectivity index (χ4v) is 2.85. The number of aromatic amines is 1. The molecule has 2 aromatic carbocycles. The van der Waals surface area contributed by atoms with Crippen LogP contribution in [0.25, 0.3) is 11.4 Å². The zero-order valence-corrected chi connectivity index (χ0v) is 15.5. The molecule has 3 aromatic rings. The van der Waals surface area contributed by atoms with Crippen LogP contribution in [0.2, 0.25) is 5.02 Å². The number of hydrogen-bond acceptors (Lipinski definition) is 4. The van der Waals surface area contributed by atoms with E-state index >= 15 is 0 Å². The van der Waals surface area contributed by atoms with E-state index in [-0.39, 0.29) is 36.0 Å². The number of halogens is 1. The van der Waals surface area contributed by atoms with Gasteiger partial charge in [0.1, 0.15) is 5.69 Å². The van der Waals surface area contributed by atoms with Crippen LogP contribution in [-0.2, 0) is 11.2 Å². The average Bonchev–Trinajstić information content (AvgIpc) is 2.67. The number of hydrogen-bond donors (Lipinski definition) is 2. The third kappa shape index (κ3) is 5.01. The topological polar surface area (TPSA) is 87.7 Å². The Hall–Kier alpha value is -2.99.